The maximum Gasteiger partial charge on any atom is 0.306 e. The number of carbonyl (C=O) groups excluding carboxylic acids is 1. The molecule has 0 saturated carbocycles. The normalized spacial score (nSPS) is 15.9. The molecular formula is C16H20N4O4S. The van der Waals surface area contributed by atoms with Crippen molar-refractivity contribution in [2.45, 2.75) is 18.8 Å². The van der Waals surface area contributed by atoms with Crippen molar-refractivity contribution in [3.05, 3.63) is 35.8 Å². The fourth-order valence-electron chi connectivity index (χ4n) is 3.01. The highest BCUT2D eigenvalue weighted by Gasteiger charge is 2.26. The second-order valence-corrected chi connectivity index (χ2v) is 7.59. The molecule has 8 nitrogen and oxygen atoms in total. The monoisotopic (exact) mass is 364 g/mol. The SMILES string of the molecule is CS(=O)(=O)Oc1ccccc1-c1nc(C(N)=O)[nH]c1C1CCNCC1. The van der Waals surface area contributed by atoms with E-state index in [4.69, 9.17) is 9.92 Å². The van der Waals surface area contributed by atoms with Gasteiger partial charge in [-0.25, -0.2) is 4.98 Å². The van der Waals surface area contributed by atoms with Crippen LogP contribution in [-0.2, 0) is 10.1 Å². The molecule has 0 radical (unpaired) electrons. The second-order valence-electron chi connectivity index (χ2n) is 6.02. The molecule has 1 aromatic carbocycles. The summed E-state index contributed by atoms with van der Waals surface area (Å²) in [6.45, 7) is 1.72. The molecule has 9 heteroatoms. The summed E-state index contributed by atoms with van der Waals surface area (Å²) >= 11 is 0. The third-order valence-corrected chi connectivity index (χ3v) is 4.58. The fraction of sp³-hybridized carbons (Fsp3) is 0.375. The molecule has 0 aliphatic carbocycles. The number of primary amides is 1. The number of nitrogens with zero attached hydrogens (tertiary/aromatic N) is 1. The summed E-state index contributed by atoms with van der Waals surface area (Å²) in [7, 11) is -3.69. The maximum atomic E-state index is 11.6. The van der Waals surface area contributed by atoms with Crippen LogP contribution in [0.3, 0.4) is 0 Å². The molecule has 1 aliphatic rings. The summed E-state index contributed by atoms with van der Waals surface area (Å²) in [5.41, 5.74) is 7.15. The van der Waals surface area contributed by atoms with Crippen LogP contribution in [0.2, 0.25) is 0 Å². The van der Waals surface area contributed by atoms with Gasteiger partial charge in [0.25, 0.3) is 5.91 Å². The Labute approximate surface area is 145 Å². The predicted molar refractivity (Wildman–Crippen MR) is 92.9 cm³/mol. The number of aromatic amines is 1. The van der Waals surface area contributed by atoms with Crippen LogP contribution < -0.4 is 15.2 Å². The number of carbonyl (C=O) groups is 1. The third kappa shape index (κ3) is 3.99. The van der Waals surface area contributed by atoms with Gasteiger partial charge in [-0.3, -0.25) is 4.79 Å². The van der Waals surface area contributed by atoms with Crippen molar-refractivity contribution in [1.29, 1.82) is 0 Å². The Morgan fingerprint density at radius 2 is 1.96 bits per heavy atom. The topological polar surface area (TPSA) is 127 Å². The molecule has 0 unspecified atom stereocenters. The number of H-pyrrole nitrogens is 1. The number of para-hydroxylation sites is 1. The molecule has 1 saturated heterocycles. The minimum Gasteiger partial charge on any atom is -0.382 e. The zero-order valence-electron chi connectivity index (χ0n) is 13.8. The van der Waals surface area contributed by atoms with Gasteiger partial charge in [0, 0.05) is 17.2 Å². The van der Waals surface area contributed by atoms with Gasteiger partial charge >= 0.3 is 10.1 Å². The summed E-state index contributed by atoms with van der Waals surface area (Å²) in [5, 5.41) is 3.29. The Bertz CT molecular complexity index is 885. The zero-order chi connectivity index (χ0) is 18.0. The Kier molecular flexibility index (Phi) is 4.78. The standard InChI is InChI=1S/C16H20N4O4S/c1-25(22,23)24-12-5-3-2-4-11(12)14-13(10-6-8-18-9-7-10)19-16(20-14)15(17)21/h2-5,10,18H,6-9H2,1H3,(H2,17,21)(H,19,20). The van der Waals surface area contributed by atoms with E-state index in [1.807, 2.05) is 0 Å². The molecule has 134 valence electrons. The molecule has 0 bridgehead atoms. The minimum atomic E-state index is -3.69. The van der Waals surface area contributed by atoms with Crippen molar-refractivity contribution in [1.82, 2.24) is 15.3 Å². The highest BCUT2D eigenvalue weighted by molar-refractivity contribution is 7.86. The number of nitrogens with two attached hydrogens (primary N) is 1. The van der Waals surface area contributed by atoms with Crippen LogP contribution in [0, 0.1) is 0 Å². The van der Waals surface area contributed by atoms with E-state index in [1.165, 1.54) is 0 Å². The van der Waals surface area contributed by atoms with E-state index in [0.717, 1.165) is 37.9 Å². The average Bonchev–Trinajstić information content (AvgIpc) is 3.00. The third-order valence-electron chi connectivity index (χ3n) is 4.10. The van der Waals surface area contributed by atoms with E-state index in [0.29, 0.717) is 11.3 Å². The second kappa shape index (κ2) is 6.85. The van der Waals surface area contributed by atoms with Gasteiger partial charge in [-0.05, 0) is 38.1 Å². The van der Waals surface area contributed by atoms with Gasteiger partial charge in [0.1, 0.15) is 0 Å². The number of aromatic nitrogens is 2. The van der Waals surface area contributed by atoms with Crippen LogP contribution >= 0.6 is 0 Å². The highest BCUT2D eigenvalue weighted by atomic mass is 32.2. The summed E-state index contributed by atoms with van der Waals surface area (Å²) in [6, 6.07) is 6.71. The maximum absolute atomic E-state index is 11.6. The summed E-state index contributed by atoms with van der Waals surface area (Å²) in [5.74, 6) is -0.272. The van der Waals surface area contributed by atoms with Crippen LogP contribution in [0.4, 0.5) is 0 Å². The van der Waals surface area contributed by atoms with E-state index in [1.54, 1.807) is 24.3 Å². The number of hydrogen-bond donors (Lipinski definition) is 3. The number of benzene rings is 1. The van der Waals surface area contributed by atoms with Crippen molar-refractivity contribution >= 4 is 16.0 Å². The van der Waals surface area contributed by atoms with Crippen molar-refractivity contribution in [2.75, 3.05) is 19.3 Å². The largest absolute Gasteiger partial charge is 0.382 e. The number of hydrogen-bond acceptors (Lipinski definition) is 6. The number of nitrogens with one attached hydrogen (secondary N) is 2. The molecule has 1 aliphatic heterocycles. The van der Waals surface area contributed by atoms with Gasteiger partial charge in [-0.1, -0.05) is 12.1 Å². The van der Waals surface area contributed by atoms with Crippen molar-refractivity contribution < 1.29 is 17.4 Å². The lowest BCUT2D eigenvalue weighted by Gasteiger charge is -2.22. The van der Waals surface area contributed by atoms with Crippen molar-refractivity contribution in [2.24, 2.45) is 5.73 Å². The number of imidazole rings is 1. The van der Waals surface area contributed by atoms with E-state index >= 15 is 0 Å². The summed E-state index contributed by atoms with van der Waals surface area (Å²) in [4.78, 5) is 18.9. The first-order valence-electron chi connectivity index (χ1n) is 7.94. The number of rotatable bonds is 5. The van der Waals surface area contributed by atoms with Gasteiger partial charge in [-0.2, -0.15) is 8.42 Å². The van der Waals surface area contributed by atoms with Crippen LogP contribution in [0.15, 0.2) is 24.3 Å². The van der Waals surface area contributed by atoms with E-state index < -0.39 is 16.0 Å². The molecular weight excluding hydrogens is 344 g/mol. The van der Waals surface area contributed by atoms with Gasteiger partial charge in [0.2, 0.25) is 0 Å². The fourth-order valence-corrected chi connectivity index (χ4v) is 3.48. The quantitative estimate of drug-likeness (QED) is 0.679. The van der Waals surface area contributed by atoms with Gasteiger partial charge in [0.15, 0.2) is 11.6 Å². The lowest BCUT2D eigenvalue weighted by atomic mass is 9.91. The molecule has 25 heavy (non-hydrogen) atoms. The summed E-state index contributed by atoms with van der Waals surface area (Å²) < 4.78 is 28.2. The highest BCUT2D eigenvalue weighted by Crippen LogP contribution is 2.37. The van der Waals surface area contributed by atoms with Crippen molar-refractivity contribution in [3.8, 4) is 17.0 Å². The van der Waals surface area contributed by atoms with E-state index in [9.17, 15) is 13.2 Å². The Hall–Kier alpha value is -2.39. The Morgan fingerprint density at radius 1 is 1.28 bits per heavy atom. The zero-order valence-corrected chi connectivity index (χ0v) is 14.6. The van der Waals surface area contributed by atoms with E-state index in [2.05, 4.69) is 15.3 Å². The van der Waals surface area contributed by atoms with Crippen LogP contribution in [0.5, 0.6) is 5.75 Å². The van der Waals surface area contributed by atoms with Gasteiger partial charge < -0.3 is 20.2 Å². The number of amides is 1. The summed E-state index contributed by atoms with van der Waals surface area (Å²) in [6.07, 6.45) is 2.74. The molecule has 1 fully saturated rings. The Balaban J connectivity index is 2.11. The van der Waals surface area contributed by atoms with E-state index in [-0.39, 0.29) is 17.5 Å². The minimum absolute atomic E-state index is 0.0534. The molecule has 4 N–H and O–H groups in total. The smallest absolute Gasteiger partial charge is 0.306 e. The molecule has 3 rings (SSSR count). The molecule has 1 aromatic heterocycles. The Morgan fingerprint density at radius 3 is 2.60 bits per heavy atom. The van der Waals surface area contributed by atoms with Gasteiger partial charge in [0.05, 0.1) is 11.9 Å². The van der Waals surface area contributed by atoms with Crippen molar-refractivity contribution in [3.63, 3.8) is 0 Å². The predicted octanol–water partition coefficient (Wildman–Crippen LogP) is 0.981. The molecule has 2 aromatic rings. The van der Waals surface area contributed by atoms with Crippen LogP contribution in [-0.4, -0.2) is 43.6 Å². The van der Waals surface area contributed by atoms with Gasteiger partial charge in [-0.15, -0.1) is 0 Å². The first kappa shape index (κ1) is 17.4. The molecule has 2 heterocycles. The van der Waals surface area contributed by atoms with Crippen LogP contribution in [0.25, 0.3) is 11.3 Å². The lowest BCUT2D eigenvalue weighted by molar-refractivity contribution is 0.0991. The lowest BCUT2D eigenvalue weighted by Crippen LogP contribution is -2.27. The average molecular weight is 364 g/mol. The molecule has 0 atom stereocenters. The first-order chi connectivity index (χ1) is 11.8. The molecule has 0 spiro atoms. The number of piperidine rings is 1. The molecule has 1 amide bonds. The van der Waals surface area contributed by atoms with Crippen LogP contribution in [0.1, 0.15) is 35.1 Å². The first-order valence-corrected chi connectivity index (χ1v) is 9.76.